The van der Waals surface area contributed by atoms with Crippen LogP contribution in [0.25, 0.3) is 0 Å². The minimum absolute atomic E-state index is 0.0479. The zero-order valence-electron chi connectivity index (χ0n) is 21.5. The number of aromatic nitrogens is 2. The van der Waals surface area contributed by atoms with Crippen molar-refractivity contribution >= 4 is 41.4 Å². The van der Waals surface area contributed by atoms with Crippen molar-refractivity contribution in [2.24, 2.45) is 5.73 Å². The molecule has 0 spiro atoms. The van der Waals surface area contributed by atoms with E-state index >= 15 is 0 Å². The Labute approximate surface area is 229 Å². The number of nitrogens with zero attached hydrogens (tertiary/aromatic N) is 1. The SMILES string of the molecule is CSCCC(NC(=O)C(N)CCC(=O)O)C(=O)NC(Cc1ccccc1)C(=O)NC(Cc1cnc[nH]1)C(=O)O. The smallest absolute Gasteiger partial charge is 0.326 e. The summed E-state index contributed by atoms with van der Waals surface area (Å²) >= 11 is 1.45. The van der Waals surface area contributed by atoms with Crippen LogP contribution in [0.1, 0.15) is 30.5 Å². The third-order valence-electron chi connectivity index (χ3n) is 5.76. The Hall–Kier alpha value is -3.91. The molecule has 1 aromatic heterocycles. The number of H-pyrrole nitrogens is 1. The maximum atomic E-state index is 13.3. The fourth-order valence-corrected chi connectivity index (χ4v) is 4.08. The van der Waals surface area contributed by atoms with Crippen molar-refractivity contribution in [1.82, 2.24) is 25.9 Å². The highest BCUT2D eigenvalue weighted by Gasteiger charge is 2.30. The predicted molar refractivity (Wildman–Crippen MR) is 144 cm³/mol. The van der Waals surface area contributed by atoms with E-state index < -0.39 is 53.8 Å². The van der Waals surface area contributed by atoms with Crippen LogP contribution in [0.15, 0.2) is 42.9 Å². The number of carboxylic acids is 2. The average molecular weight is 563 g/mol. The summed E-state index contributed by atoms with van der Waals surface area (Å²) in [5.41, 5.74) is 7.02. The fourth-order valence-electron chi connectivity index (χ4n) is 3.61. The first kappa shape index (κ1) is 31.3. The summed E-state index contributed by atoms with van der Waals surface area (Å²) < 4.78 is 0. The summed E-state index contributed by atoms with van der Waals surface area (Å²) in [4.78, 5) is 68.4. The van der Waals surface area contributed by atoms with Crippen molar-refractivity contribution in [2.45, 2.75) is 56.3 Å². The molecule has 0 saturated carbocycles. The Morgan fingerprint density at radius 3 is 2.15 bits per heavy atom. The number of thioether (sulfide) groups is 1. The highest BCUT2D eigenvalue weighted by Crippen LogP contribution is 2.08. The van der Waals surface area contributed by atoms with Crippen molar-refractivity contribution in [2.75, 3.05) is 12.0 Å². The van der Waals surface area contributed by atoms with Crippen LogP contribution < -0.4 is 21.7 Å². The minimum Gasteiger partial charge on any atom is -0.481 e. The zero-order chi connectivity index (χ0) is 28.8. The van der Waals surface area contributed by atoms with Crippen molar-refractivity contribution in [1.29, 1.82) is 0 Å². The summed E-state index contributed by atoms with van der Waals surface area (Å²) in [6.45, 7) is 0. The summed E-state index contributed by atoms with van der Waals surface area (Å²) in [7, 11) is 0. The van der Waals surface area contributed by atoms with Gasteiger partial charge in [-0.25, -0.2) is 9.78 Å². The summed E-state index contributed by atoms with van der Waals surface area (Å²) in [6.07, 6.45) is 4.50. The van der Waals surface area contributed by atoms with E-state index in [0.717, 1.165) is 5.56 Å². The molecule has 8 N–H and O–H groups in total. The van der Waals surface area contributed by atoms with Gasteiger partial charge in [0.2, 0.25) is 17.7 Å². The lowest BCUT2D eigenvalue weighted by molar-refractivity contribution is -0.142. The van der Waals surface area contributed by atoms with Gasteiger partial charge in [-0.1, -0.05) is 30.3 Å². The number of hydrogen-bond donors (Lipinski definition) is 7. The van der Waals surface area contributed by atoms with Gasteiger partial charge in [0.05, 0.1) is 12.4 Å². The minimum atomic E-state index is -1.28. The fraction of sp³-hybridized carbons (Fsp3) is 0.440. The molecule has 0 radical (unpaired) electrons. The molecule has 212 valence electrons. The largest absolute Gasteiger partial charge is 0.481 e. The Balaban J connectivity index is 2.19. The number of rotatable bonds is 17. The van der Waals surface area contributed by atoms with Crippen LogP contribution in [0.3, 0.4) is 0 Å². The Morgan fingerprint density at radius 2 is 1.56 bits per heavy atom. The van der Waals surface area contributed by atoms with Crippen molar-refractivity contribution < 1.29 is 34.2 Å². The molecule has 2 aromatic rings. The van der Waals surface area contributed by atoms with Gasteiger partial charge < -0.3 is 36.9 Å². The van der Waals surface area contributed by atoms with E-state index in [-0.39, 0.29) is 32.1 Å². The molecule has 0 aliphatic heterocycles. The number of imidazole rings is 1. The predicted octanol–water partition coefficient (Wildman–Crippen LogP) is -0.321. The number of aromatic amines is 1. The number of aliphatic carboxylic acids is 2. The highest BCUT2D eigenvalue weighted by atomic mass is 32.2. The molecule has 4 unspecified atom stereocenters. The molecule has 14 heteroatoms. The molecule has 1 aromatic carbocycles. The van der Waals surface area contributed by atoms with Crippen molar-refractivity contribution in [3.05, 3.63) is 54.1 Å². The molecule has 0 aliphatic carbocycles. The highest BCUT2D eigenvalue weighted by molar-refractivity contribution is 7.98. The van der Waals surface area contributed by atoms with Crippen LogP contribution in [-0.2, 0) is 36.8 Å². The van der Waals surface area contributed by atoms with Gasteiger partial charge in [-0.2, -0.15) is 11.8 Å². The standard InChI is InChI=1S/C25H34N6O7S/c1-39-10-9-18(29-22(34)17(26)7-8-21(32)33)23(35)30-19(11-15-5-3-2-4-6-15)24(36)31-20(25(37)38)12-16-13-27-14-28-16/h2-6,13-14,17-20H,7-12,26H2,1H3,(H,27,28)(H,29,34)(H,30,35)(H,31,36)(H,32,33)(H,37,38). The monoisotopic (exact) mass is 562 g/mol. The van der Waals surface area contributed by atoms with Crippen molar-refractivity contribution in [3.63, 3.8) is 0 Å². The van der Waals surface area contributed by atoms with E-state index in [9.17, 15) is 29.1 Å². The molecule has 0 bridgehead atoms. The number of carbonyl (C=O) groups excluding carboxylic acids is 3. The van der Waals surface area contributed by atoms with Crippen LogP contribution in [-0.4, -0.2) is 86.0 Å². The van der Waals surface area contributed by atoms with Gasteiger partial charge in [0.1, 0.15) is 18.1 Å². The van der Waals surface area contributed by atoms with E-state index in [1.165, 1.54) is 24.3 Å². The third kappa shape index (κ3) is 11.2. The molecule has 1 heterocycles. The second-order valence-corrected chi connectivity index (χ2v) is 9.80. The van der Waals surface area contributed by atoms with Crippen LogP contribution in [0.5, 0.6) is 0 Å². The van der Waals surface area contributed by atoms with E-state index in [1.807, 2.05) is 6.26 Å². The molecular weight excluding hydrogens is 528 g/mol. The second-order valence-electron chi connectivity index (χ2n) is 8.81. The molecule has 4 atom stereocenters. The summed E-state index contributed by atoms with van der Waals surface area (Å²) in [5.74, 6) is -3.91. The number of benzene rings is 1. The molecule has 0 aliphatic rings. The zero-order valence-corrected chi connectivity index (χ0v) is 22.3. The molecule has 3 amide bonds. The second kappa shape index (κ2) is 16.1. The van der Waals surface area contributed by atoms with Gasteiger partial charge in [-0.05, 0) is 30.4 Å². The number of amides is 3. The summed E-state index contributed by atoms with van der Waals surface area (Å²) in [6, 6.07) is 4.24. The van der Waals surface area contributed by atoms with Crippen molar-refractivity contribution in [3.8, 4) is 0 Å². The van der Waals surface area contributed by atoms with Crippen LogP contribution in [0.4, 0.5) is 0 Å². The Kier molecular flexibility index (Phi) is 13.0. The van der Waals surface area contributed by atoms with Gasteiger partial charge in [-0.3, -0.25) is 19.2 Å². The topological polar surface area (TPSA) is 217 Å². The number of nitrogens with one attached hydrogen (secondary N) is 4. The lowest BCUT2D eigenvalue weighted by atomic mass is 10.0. The maximum Gasteiger partial charge on any atom is 0.326 e. The number of carbonyl (C=O) groups is 5. The van der Waals surface area contributed by atoms with E-state index in [0.29, 0.717) is 11.4 Å². The van der Waals surface area contributed by atoms with E-state index in [1.54, 1.807) is 30.3 Å². The molecule has 13 nitrogen and oxygen atoms in total. The Bertz CT molecular complexity index is 1100. The number of carboxylic acid groups (broad SMARTS) is 2. The van der Waals surface area contributed by atoms with Gasteiger partial charge in [-0.15, -0.1) is 0 Å². The normalized spacial score (nSPS) is 13.9. The van der Waals surface area contributed by atoms with E-state index in [2.05, 4.69) is 25.9 Å². The van der Waals surface area contributed by atoms with Crippen LogP contribution >= 0.6 is 11.8 Å². The maximum absolute atomic E-state index is 13.3. The van der Waals surface area contributed by atoms with Gasteiger partial charge in [0.15, 0.2) is 0 Å². The molecule has 0 fully saturated rings. The third-order valence-corrected chi connectivity index (χ3v) is 6.40. The lowest BCUT2D eigenvalue weighted by Crippen LogP contribution is -2.58. The van der Waals surface area contributed by atoms with Gasteiger partial charge in [0, 0.05) is 31.2 Å². The summed E-state index contributed by atoms with van der Waals surface area (Å²) in [5, 5.41) is 26.2. The first-order valence-corrected chi connectivity index (χ1v) is 13.6. The Morgan fingerprint density at radius 1 is 0.923 bits per heavy atom. The first-order valence-electron chi connectivity index (χ1n) is 12.2. The number of hydrogen-bond acceptors (Lipinski definition) is 8. The first-order chi connectivity index (χ1) is 18.6. The molecular formula is C25H34N6O7S. The molecule has 39 heavy (non-hydrogen) atoms. The van der Waals surface area contributed by atoms with Crippen LogP contribution in [0, 0.1) is 0 Å². The van der Waals surface area contributed by atoms with Crippen LogP contribution in [0.2, 0.25) is 0 Å². The molecule has 2 rings (SSSR count). The van der Waals surface area contributed by atoms with Gasteiger partial charge >= 0.3 is 11.9 Å². The number of nitrogens with two attached hydrogens (primary N) is 1. The molecule has 0 saturated heterocycles. The lowest BCUT2D eigenvalue weighted by Gasteiger charge is -2.25. The van der Waals surface area contributed by atoms with Gasteiger partial charge in [0.25, 0.3) is 0 Å². The van der Waals surface area contributed by atoms with E-state index in [4.69, 9.17) is 10.8 Å². The quantitative estimate of drug-likeness (QED) is 0.133. The average Bonchev–Trinajstić information content (AvgIpc) is 3.42.